The minimum absolute atomic E-state index is 0.240. The van der Waals surface area contributed by atoms with Crippen molar-refractivity contribution >= 4 is 12.1 Å². The lowest BCUT2D eigenvalue weighted by Gasteiger charge is -2.11. The van der Waals surface area contributed by atoms with Crippen molar-refractivity contribution in [1.29, 1.82) is 0 Å². The zero-order valence-electron chi connectivity index (χ0n) is 18.7. The Kier molecular flexibility index (Phi) is 8.87. The third-order valence-electron chi connectivity index (χ3n) is 5.18. The number of nitrogens with zero attached hydrogens (tertiary/aromatic N) is 1. The lowest BCUT2D eigenvalue weighted by atomic mass is 9.99. The summed E-state index contributed by atoms with van der Waals surface area (Å²) in [5, 5.41) is 4.00. The lowest BCUT2D eigenvalue weighted by molar-refractivity contribution is 0.0955. The molecule has 0 heterocycles. The molecule has 1 atom stereocenters. The fraction of sp³-hybridized carbons (Fsp3) is 0.259. The summed E-state index contributed by atoms with van der Waals surface area (Å²) < 4.78 is 11.6. The third-order valence-corrected chi connectivity index (χ3v) is 5.18. The summed E-state index contributed by atoms with van der Waals surface area (Å²) in [6.45, 7) is 5.61. The van der Waals surface area contributed by atoms with Gasteiger partial charge in [-0.05, 0) is 72.0 Å². The molecule has 0 spiro atoms. The molecule has 0 aromatic heterocycles. The topological polar surface area (TPSA) is 59.9 Å². The standard InChI is InChI=1S/C27H30N2O3/c1-3-21(2)23-12-16-26(17-13-23)32-19-7-18-31-25-14-10-22(11-15-25)20-28-29-27(30)24-8-5-4-6-9-24/h4-6,8-17,20-21H,3,7,18-19H2,1-2H3,(H,29,30). The molecule has 1 N–H and O–H groups in total. The molecule has 5 nitrogen and oxygen atoms in total. The van der Waals surface area contributed by atoms with Crippen molar-refractivity contribution in [3.63, 3.8) is 0 Å². The Balaban J connectivity index is 1.34. The number of rotatable bonds is 11. The number of ether oxygens (including phenoxy) is 2. The summed E-state index contributed by atoms with van der Waals surface area (Å²) in [5.74, 6) is 2.01. The van der Waals surface area contributed by atoms with Gasteiger partial charge < -0.3 is 9.47 Å². The molecule has 3 aromatic rings. The van der Waals surface area contributed by atoms with E-state index in [1.807, 2.05) is 54.6 Å². The number of carbonyl (C=O) groups excluding carboxylic acids is 1. The monoisotopic (exact) mass is 430 g/mol. The van der Waals surface area contributed by atoms with Crippen LogP contribution in [0.4, 0.5) is 0 Å². The van der Waals surface area contributed by atoms with Crippen LogP contribution >= 0.6 is 0 Å². The van der Waals surface area contributed by atoms with Gasteiger partial charge in [-0.25, -0.2) is 5.43 Å². The highest BCUT2D eigenvalue weighted by Gasteiger charge is 2.03. The number of hydrogen-bond donors (Lipinski definition) is 1. The molecule has 0 bridgehead atoms. The first-order chi connectivity index (χ1) is 15.7. The molecular formula is C27H30N2O3. The van der Waals surface area contributed by atoms with Crippen LogP contribution in [0.3, 0.4) is 0 Å². The Morgan fingerprint density at radius 3 is 2.09 bits per heavy atom. The minimum Gasteiger partial charge on any atom is -0.493 e. The third kappa shape index (κ3) is 7.27. The van der Waals surface area contributed by atoms with E-state index < -0.39 is 0 Å². The fourth-order valence-corrected chi connectivity index (χ4v) is 3.04. The molecule has 0 fully saturated rings. The maximum Gasteiger partial charge on any atom is 0.271 e. The van der Waals surface area contributed by atoms with Crippen molar-refractivity contribution in [2.24, 2.45) is 5.10 Å². The molecule has 166 valence electrons. The summed E-state index contributed by atoms with van der Waals surface area (Å²) in [4.78, 5) is 12.0. The molecule has 0 radical (unpaired) electrons. The van der Waals surface area contributed by atoms with Crippen LogP contribution in [-0.2, 0) is 0 Å². The molecule has 0 aliphatic heterocycles. The highest BCUT2D eigenvalue weighted by atomic mass is 16.5. The average Bonchev–Trinajstić information content (AvgIpc) is 2.85. The lowest BCUT2D eigenvalue weighted by Crippen LogP contribution is -2.17. The largest absolute Gasteiger partial charge is 0.493 e. The van der Waals surface area contributed by atoms with Gasteiger partial charge in [-0.15, -0.1) is 0 Å². The predicted molar refractivity (Wildman–Crippen MR) is 129 cm³/mol. The van der Waals surface area contributed by atoms with Crippen LogP contribution in [-0.4, -0.2) is 25.3 Å². The quantitative estimate of drug-likeness (QED) is 0.237. The Bertz CT molecular complexity index is 984. The van der Waals surface area contributed by atoms with Gasteiger partial charge in [0.2, 0.25) is 0 Å². The van der Waals surface area contributed by atoms with Gasteiger partial charge in [0, 0.05) is 12.0 Å². The first-order valence-electron chi connectivity index (χ1n) is 11.0. The van der Waals surface area contributed by atoms with Gasteiger partial charge in [-0.2, -0.15) is 5.10 Å². The number of amides is 1. The molecule has 0 aliphatic rings. The van der Waals surface area contributed by atoms with Crippen LogP contribution in [0, 0.1) is 0 Å². The van der Waals surface area contributed by atoms with E-state index in [0.29, 0.717) is 24.7 Å². The van der Waals surface area contributed by atoms with E-state index in [1.165, 1.54) is 5.56 Å². The van der Waals surface area contributed by atoms with Gasteiger partial charge in [-0.1, -0.05) is 44.2 Å². The van der Waals surface area contributed by atoms with Crippen molar-refractivity contribution < 1.29 is 14.3 Å². The van der Waals surface area contributed by atoms with Crippen LogP contribution in [0.5, 0.6) is 11.5 Å². The Morgan fingerprint density at radius 2 is 1.50 bits per heavy atom. The molecule has 1 amide bonds. The summed E-state index contributed by atoms with van der Waals surface area (Å²) in [5.41, 5.74) is 5.30. The first-order valence-corrected chi connectivity index (χ1v) is 11.0. The molecule has 5 heteroatoms. The van der Waals surface area contributed by atoms with Crippen molar-refractivity contribution in [1.82, 2.24) is 5.43 Å². The second-order valence-corrected chi connectivity index (χ2v) is 7.56. The Morgan fingerprint density at radius 1 is 0.906 bits per heavy atom. The number of benzene rings is 3. The van der Waals surface area contributed by atoms with Crippen LogP contribution in [0.1, 0.15) is 54.1 Å². The second kappa shape index (κ2) is 12.3. The van der Waals surface area contributed by atoms with Crippen molar-refractivity contribution in [3.05, 3.63) is 95.6 Å². The summed E-state index contributed by atoms with van der Waals surface area (Å²) in [6.07, 6.45) is 3.53. The van der Waals surface area contributed by atoms with Crippen molar-refractivity contribution in [2.75, 3.05) is 13.2 Å². The van der Waals surface area contributed by atoms with Crippen LogP contribution < -0.4 is 14.9 Å². The SMILES string of the molecule is CCC(C)c1ccc(OCCCOc2ccc(C=NNC(=O)c3ccccc3)cc2)cc1. The summed E-state index contributed by atoms with van der Waals surface area (Å²) >= 11 is 0. The van der Waals surface area contributed by atoms with E-state index in [9.17, 15) is 4.79 Å². The van der Waals surface area contributed by atoms with E-state index in [4.69, 9.17) is 9.47 Å². The summed E-state index contributed by atoms with van der Waals surface area (Å²) in [6, 6.07) is 24.9. The maximum atomic E-state index is 12.0. The van der Waals surface area contributed by atoms with E-state index in [1.54, 1.807) is 18.3 Å². The Hall–Kier alpha value is -3.60. The highest BCUT2D eigenvalue weighted by Crippen LogP contribution is 2.21. The zero-order valence-corrected chi connectivity index (χ0v) is 18.7. The number of hydrogen-bond acceptors (Lipinski definition) is 4. The highest BCUT2D eigenvalue weighted by molar-refractivity contribution is 5.94. The molecule has 1 unspecified atom stereocenters. The van der Waals surface area contributed by atoms with Gasteiger partial charge in [0.25, 0.3) is 5.91 Å². The van der Waals surface area contributed by atoms with Gasteiger partial charge in [0.1, 0.15) is 11.5 Å². The first kappa shape index (κ1) is 23.1. The molecule has 3 rings (SSSR count). The van der Waals surface area contributed by atoms with E-state index in [2.05, 4.69) is 36.5 Å². The number of hydrazone groups is 1. The zero-order chi connectivity index (χ0) is 22.6. The number of carbonyl (C=O) groups is 1. The smallest absolute Gasteiger partial charge is 0.271 e. The molecule has 3 aromatic carbocycles. The Labute approximate surface area is 190 Å². The van der Waals surface area contributed by atoms with Gasteiger partial charge in [0.05, 0.1) is 19.4 Å². The molecule has 0 saturated heterocycles. The van der Waals surface area contributed by atoms with E-state index in [-0.39, 0.29) is 5.91 Å². The van der Waals surface area contributed by atoms with Gasteiger partial charge in [-0.3, -0.25) is 4.79 Å². The minimum atomic E-state index is -0.240. The molecule has 32 heavy (non-hydrogen) atoms. The van der Waals surface area contributed by atoms with Crippen molar-refractivity contribution in [3.8, 4) is 11.5 Å². The van der Waals surface area contributed by atoms with Crippen LogP contribution in [0.2, 0.25) is 0 Å². The predicted octanol–water partition coefficient (Wildman–Crippen LogP) is 5.81. The second-order valence-electron chi connectivity index (χ2n) is 7.56. The van der Waals surface area contributed by atoms with Crippen LogP contribution in [0.25, 0.3) is 0 Å². The molecule has 0 saturated carbocycles. The molecule has 0 aliphatic carbocycles. The fourth-order valence-electron chi connectivity index (χ4n) is 3.04. The van der Waals surface area contributed by atoms with Crippen LogP contribution in [0.15, 0.2) is 84.0 Å². The van der Waals surface area contributed by atoms with Crippen molar-refractivity contribution in [2.45, 2.75) is 32.6 Å². The maximum absolute atomic E-state index is 12.0. The van der Waals surface area contributed by atoms with Gasteiger partial charge >= 0.3 is 0 Å². The molecular weight excluding hydrogens is 400 g/mol. The average molecular weight is 431 g/mol. The summed E-state index contributed by atoms with van der Waals surface area (Å²) in [7, 11) is 0. The van der Waals surface area contributed by atoms with E-state index >= 15 is 0 Å². The number of nitrogens with one attached hydrogen (secondary N) is 1. The van der Waals surface area contributed by atoms with E-state index in [0.717, 1.165) is 29.9 Å². The normalized spacial score (nSPS) is 11.8. The van der Waals surface area contributed by atoms with Gasteiger partial charge in [0.15, 0.2) is 0 Å².